The maximum atomic E-state index is 12.0. The number of ether oxygens (including phenoxy) is 1. The van der Waals surface area contributed by atoms with Crippen molar-refractivity contribution in [2.75, 3.05) is 6.61 Å². The molecule has 2 rings (SSSR count). The first-order valence-corrected chi connectivity index (χ1v) is 11.2. The Morgan fingerprint density at radius 1 is 1.28 bits per heavy atom. The molecule has 1 aromatic rings. The Kier molecular flexibility index (Phi) is 5.46. The van der Waals surface area contributed by atoms with Crippen LogP contribution in [-0.4, -0.2) is 53.0 Å². The van der Waals surface area contributed by atoms with Gasteiger partial charge in [0.05, 0.1) is 6.61 Å². The number of aromatic amines is 1. The Bertz CT molecular complexity index is 735. The summed E-state index contributed by atoms with van der Waals surface area (Å²) >= 11 is 0. The maximum absolute atomic E-state index is 12.0. The monoisotopic (exact) mass is 372 g/mol. The van der Waals surface area contributed by atoms with Crippen LogP contribution in [0.25, 0.3) is 0 Å². The van der Waals surface area contributed by atoms with Gasteiger partial charge in [0.15, 0.2) is 14.5 Å². The molecule has 0 aliphatic carbocycles. The summed E-state index contributed by atoms with van der Waals surface area (Å²) in [6.07, 6.45) is -3.00. The summed E-state index contributed by atoms with van der Waals surface area (Å²) in [6, 6.07) is 0. The van der Waals surface area contributed by atoms with Crippen LogP contribution in [0, 0.1) is 6.92 Å². The summed E-state index contributed by atoms with van der Waals surface area (Å²) in [5.74, 6) is 0. The standard InChI is InChI=1S/C16H28N2O6Si/c1-9-7-18(15(22)17-13(9)21)14-12(20)11(19)10(24-14)8-23-25(5,6)16(2,3)4/h7,10-12,14,19-20H,8H2,1-6H3,(H,17,21,22)/t10-,11-,12-,14-/m1/s1. The van der Waals surface area contributed by atoms with Crippen LogP contribution in [-0.2, 0) is 9.16 Å². The summed E-state index contributed by atoms with van der Waals surface area (Å²) in [4.78, 5) is 25.6. The first kappa shape index (κ1) is 20.1. The van der Waals surface area contributed by atoms with Gasteiger partial charge in [0.25, 0.3) is 5.56 Å². The fourth-order valence-electron chi connectivity index (χ4n) is 2.38. The van der Waals surface area contributed by atoms with E-state index in [1.165, 1.54) is 6.20 Å². The fraction of sp³-hybridized carbons (Fsp3) is 0.750. The highest BCUT2D eigenvalue weighted by Crippen LogP contribution is 2.37. The summed E-state index contributed by atoms with van der Waals surface area (Å²) < 4.78 is 12.8. The van der Waals surface area contributed by atoms with Crippen LogP contribution in [0.1, 0.15) is 32.6 Å². The molecule has 0 radical (unpaired) electrons. The molecule has 0 aromatic carbocycles. The zero-order valence-corrected chi connectivity index (χ0v) is 16.6. The van der Waals surface area contributed by atoms with E-state index in [2.05, 4.69) is 38.8 Å². The minimum Gasteiger partial charge on any atom is -0.414 e. The summed E-state index contributed by atoms with van der Waals surface area (Å²) in [7, 11) is -2.04. The van der Waals surface area contributed by atoms with Crippen molar-refractivity contribution in [3.8, 4) is 0 Å². The van der Waals surface area contributed by atoms with Crippen LogP contribution in [0.3, 0.4) is 0 Å². The molecule has 142 valence electrons. The van der Waals surface area contributed by atoms with E-state index in [9.17, 15) is 19.8 Å². The van der Waals surface area contributed by atoms with Crippen molar-refractivity contribution in [1.29, 1.82) is 0 Å². The first-order valence-electron chi connectivity index (χ1n) is 8.33. The number of aromatic nitrogens is 2. The highest BCUT2D eigenvalue weighted by molar-refractivity contribution is 6.74. The molecule has 4 atom stereocenters. The topological polar surface area (TPSA) is 114 Å². The van der Waals surface area contributed by atoms with E-state index in [-0.39, 0.29) is 11.6 Å². The van der Waals surface area contributed by atoms with Crippen molar-refractivity contribution in [3.63, 3.8) is 0 Å². The zero-order valence-electron chi connectivity index (χ0n) is 15.6. The van der Waals surface area contributed by atoms with Crippen LogP contribution in [0.2, 0.25) is 18.1 Å². The molecule has 9 heteroatoms. The molecule has 1 aliphatic heterocycles. The molecule has 3 N–H and O–H groups in total. The molecule has 1 saturated heterocycles. The van der Waals surface area contributed by atoms with E-state index >= 15 is 0 Å². The molecule has 0 bridgehead atoms. The third kappa shape index (κ3) is 3.95. The molecule has 1 aromatic heterocycles. The van der Waals surface area contributed by atoms with E-state index in [0.29, 0.717) is 5.56 Å². The maximum Gasteiger partial charge on any atom is 0.330 e. The molecular formula is C16H28N2O6Si. The lowest BCUT2D eigenvalue weighted by Crippen LogP contribution is -2.44. The second-order valence-electron chi connectivity index (χ2n) is 8.10. The number of nitrogens with zero attached hydrogens (tertiary/aromatic N) is 1. The van der Waals surface area contributed by atoms with Crippen molar-refractivity contribution in [2.24, 2.45) is 0 Å². The predicted octanol–water partition coefficient (Wildman–Crippen LogP) is 0.486. The number of rotatable bonds is 4. The predicted molar refractivity (Wildman–Crippen MR) is 95.1 cm³/mol. The van der Waals surface area contributed by atoms with Gasteiger partial charge in [-0.1, -0.05) is 20.8 Å². The normalized spacial score (nSPS) is 27.7. The van der Waals surface area contributed by atoms with Crippen molar-refractivity contribution in [2.45, 2.75) is 70.4 Å². The Hall–Kier alpha value is -1.26. The zero-order chi connectivity index (χ0) is 19.2. The Morgan fingerprint density at radius 3 is 2.44 bits per heavy atom. The van der Waals surface area contributed by atoms with Gasteiger partial charge in [-0.2, -0.15) is 0 Å². The molecular weight excluding hydrogens is 344 g/mol. The van der Waals surface area contributed by atoms with Crippen molar-refractivity contribution in [1.82, 2.24) is 9.55 Å². The highest BCUT2D eigenvalue weighted by Gasteiger charge is 2.46. The number of aliphatic hydroxyl groups is 2. The molecule has 1 fully saturated rings. The smallest absolute Gasteiger partial charge is 0.330 e. The number of hydrogen-bond donors (Lipinski definition) is 3. The third-order valence-electron chi connectivity index (χ3n) is 5.17. The second kappa shape index (κ2) is 6.80. The lowest BCUT2D eigenvalue weighted by Gasteiger charge is -2.37. The van der Waals surface area contributed by atoms with Gasteiger partial charge in [-0.3, -0.25) is 14.3 Å². The van der Waals surface area contributed by atoms with Gasteiger partial charge >= 0.3 is 5.69 Å². The molecule has 25 heavy (non-hydrogen) atoms. The van der Waals surface area contributed by atoms with Crippen LogP contribution < -0.4 is 11.2 Å². The van der Waals surface area contributed by atoms with Gasteiger partial charge < -0.3 is 19.4 Å². The Morgan fingerprint density at radius 2 is 1.88 bits per heavy atom. The number of H-pyrrole nitrogens is 1. The van der Waals surface area contributed by atoms with Gasteiger partial charge in [-0.15, -0.1) is 0 Å². The van der Waals surface area contributed by atoms with E-state index in [0.717, 1.165) is 4.57 Å². The first-order chi connectivity index (χ1) is 11.3. The average molecular weight is 372 g/mol. The van der Waals surface area contributed by atoms with Crippen LogP contribution in [0.4, 0.5) is 0 Å². The quantitative estimate of drug-likeness (QED) is 0.663. The minimum atomic E-state index is -2.04. The number of aliphatic hydroxyl groups excluding tert-OH is 2. The molecule has 0 spiro atoms. The third-order valence-corrected chi connectivity index (χ3v) is 9.67. The molecule has 0 unspecified atom stereocenters. The van der Waals surface area contributed by atoms with Crippen molar-refractivity contribution >= 4 is 8.32 Å². The van der Waals surface area contributed by atoms with Gasteiger partial charge in [-0.25, -0.2) is 4.79 Å². The SMILES string of the molecule is Cc1cn([C@@H]2O[C@H](CO[Si](C)(C)C(C)(C)C)[C@@H](O)[C@H]2O)c(=O)[nH]c1=O. The van der Waals surface area contributed by atoms with Crippen molar-refractivity contribution < 1.29 is 19.4 Å². The lowest BCUT2D eigenvalue weighted by atomic mass is 10.1. The molecule has 1 aliphatic rings. The van der Waals surface area contributed by atoms with E-state index in [1.807, 2.05) is 0 Å². The molecule has 0 amide bonds. The van der Waals surface area contributed by atoms with Crippen LogP contribution in [0.5, 0.6) is 0 Å². The lowest BCUT2D eigenvalue weighted by molar-refractivity contribution is -0.0532. The average Bonchev–Trinajstić information content (AvgIpc) is 2.76. The van der Waals surface area contributed by atoms with Gasteiger partial charge in [0.1, 0.15) is 18.3 Å². The van der Waals surface area contributed by atoms with Gasteiger partial charge in [0.2, 0.25) is 0 Å². The number of nitrogens with one attached hydrogen (secondary N) is 1. The molecule has 2 heterocycles. The summed E-state index contributed by atoms with van der Waals surface area (Å²) in [5, 5.41) is 20.6. The van der Waals surface area contributed by atoms with Crippen molar-refractivity contribution in [3.05, 3.63) is 32.6 Å². The Balaban J connectivity index is 2.18. The second-order valence-corrected chi connectivity index (χ2v) is 12.9. The minimum absolute atomic E-state index is 0.00153. The Labute approximate surface area is 147 Å². The molecule has 0 saturated carbocycles. The highest BCUT2D eigenvalue weighted by atomic mass is 28.4. The number of hydrogen-bond acceptors (Lipinski definition) is 6. The largest absolute Gasteiger partial charge is 0.414 e. The molecule has 8 nitrogen and oxygen atoms in total. The van der Waals surface area contributed by atoms with Gasteiger partial charge in [-0.05, 0) is 25.1 Å². The number of aryl methyl sites for hydroxylation is 1. The summed E-state index contributed by atoms with van der Waals surface area (Å²) in [6.45, 7) is 12.1. The summed E-state index contributed by atoms with van der Waals surface area (Å²) in [5.41, 5.74) is -0.879. The van der Waals surface area contributed by atoms with Crippen LogP contribution in [0.15, 0.2) is 15.8 Å². The van der Waals surface area contributed by atoms with E-state index in [4.69, 9.17) is 9.16 Å². The van der Waals surface area contributed by atoms with E-state index < -0.39 is 44.1 Å². The fourth-order valence-corrected chi connectivity index (χ4v) is 3.39. The van der Waals surface area contributed by atoms with Crippen LogP contribution >= 0.6 is 0 Å². The van der Waals surface area contributed by atoms with E-state index in [1.54, 1.807) is 6.92 Å². The van der Waals surface area contributed by atoms with Gasteiger partial charge in [0, 0.05) is 11.8 Å².